The van der Waals surface area contributed by atoms with Gasteiger partial charge >= 0.3 is 0 Å². The van der Waals surface area contributed by atoms with Crippen LogP contribution in [-0.4, -0.2) is 59.8 Å². The zero-order valence-corrected chi connectivity index (χ0v) is 9.79. The third-order valence-electron chi connectivity index (χ3n) is 3.18. The molecule has 4 atom stereocenters. The van der Waals surface area contributed by atoms with Crippen LogP contribution in [0.1, 0.15) is 6.23 Å². The van der Waals surface area contributed by atoms with Gasteiger partial charge in [0.15, 0.2) is 17.7 Å². The largest absolute Gasteiger partial charge is 0.394 e. The van der Waals surface area contributed by atoms with Crippen LogP contribution in [0, 0.1) is 0 Å². The number of nitrogens with zero attached hydrogens (tertiary/aromatic N) is 4. The Morgan fingerprint density at radius 3 is 2.74 bits per heavy atom. The van der Waals surface area contributed by atoms with Gasteiger partial charge in [0.25, 0.3) is 0 Å². The number of nitrogen functional groups attached to an aromatic ring is 1. The number of imidazole rings is 1. The van der Waals surface area contributed by atoms with Crippen molar-refractivity contribution in [2.45, 2.75) is 24.5 Å². The maximum atomic E-state index is 9.95. The highest BCUT2D eigenvalue weighted by molar-refractivity contribution is 5.81. The molecule has 1 aliphatic heterocycles. The van der Waals surface area contributed by atoms with Gasteiger partial charge in [-0.1, -0.05) is 0 Å². The fourth-order valence-electron chi connectivity index (χ4n) is 2.17. The van der Waals surface area contributed by atoms with Gasteiger partial charge in [0.2, 0.25) is 0 Å². The van der Waals surface area contributed by atoms with Crippen molar-refractivity contribution in [3.63, 3.8) is 0 Å². The van der Waals surface area contributed by atoms with Crippen molar-refractivity contribution in [2.75, 3.05) is 12.3 Å². The number of hydrogen-bond acceptors (Lipinski definition) is 8. The predicted octanol–water partition coefficient (Wildman–Crippen LogP) is -1.98. The maximum Gasteiger partial charge on any atom is 0.167 e. The third kappa shape index (κ3) is 1.75. The summed E-state index contributed by atoms with van der Waals surface area (Å²) in [5, 5.41) is 28.7. The Bertz CT molecular complexity index is 603. The lowest BCUT2D eigenvalue weighted by molar-refractivity contribution is -0.0511. The highest BCUT2D eigenvalue weighted by atomic mass is 16.6. The van der Waals surface area contributed by atoms with Gasteiger partial charge in [0, 0.05) is 0 Å². The van der Waals surface area contributed by atoms with E-state index in [1.165, 1.54) is 17.2 Å². The normalized spacial score (nSPS) is 31.1. The number of fused-ring (bicyclic) bond motifs is 1. The molecule has 3 heterocycles. The monoisotopic (exact) mass is 267 g/mol. The van der Waals surface area contributed by atoms with Crippen LogP contribution in [0.4, 0.5) is 5.82 Å². The van der Waals surface area contributed by atoms with E-state index < -0.39 is 31.1 Å². The first-order valence-corrected chi connectivity index (χ1v) is 5.69. The lowest BCUT2D eigenvalue weighted by atomic mass is 10.1. The molecule has 1 aliphatic rings. The number of aliphatic hydroxyl groups excluding tert-OH is 3. The van der Waals surface area contributed by atoms with Crippen molar-refractivity contribution in [3.8, 4) is 0 Å². The summed E-state index contributed by atoms with van der Waals surface area (Å²) in [4.78, 5) is 11.9. The van der Waals surface area contributed by atoms with Crippen molar-refractivity contribution < 1.29 is 20.1 Å². The van der Waals surface area contributed by atoms with E-state index in [0.717, 1.165) is 0 Å². The molecule has 1 fully saturated rings. The first-order valence-electron chi connectivity index (χ1n) is 5.69. The van der Waals surface area contributed by atoms with Crippen molar-refractivity contribution in [2.24, 2.45) is 0 Å². The number of hydrogen-bond donors (Lipinski definition) is 4. The van der Waals surface area contributed by atoms with E-state index in [0.29, 0.717) is 11.2 Å². The first-order chi connectivity index (χ1) is 9.13. The Hall–Kier alpha value is -1.81. The van der Waals surface area contributed by atoms with Crippen LogP contribution in [0.5, 0.6) is 0 Å². The molecule has 0 saturated carbocycles. The van der Waals surface area contributed by atoms with Crippen molar-refractivity contribution in [1.29, 1.82) is 0 Å². The van der Waals surface area contributed by atoms with E-state index in [9.17, 15) is 10.2 Å². The Labute approximate surface area is 107 Å². The smallest absolute Gasteiger partial charge is 0.167 e. The van der Waals surface area contributed by atoms with Crippen LogP contribution in [0.3, 0.4) is 0 Å². The first kappa shape index (κ1) is 12.2. The summed E-state index contributed by atoms with van der Waals surface area (Å²) >= 11 is 0. The molecule has 0 unspecified atom stereocenters. The van der Waals surface area contributed by atoms with Crippen LogP contribution in [0.2, 0.25) is 0 Å². The number of anilines is 1. The van der Waals surface area contributed by atoms with E-state index in [1.807, 2.05) is 0 Å². The van der Waals surface area contributed by atoms with E-state index >= 15 is 0 Å². The van der Waals surface area contributed by atoms with Crippen LogP contribution in [-0.2, 0) is 4.74 Å². The number of nitrogens with two attached hydrogens (primary N) is 1. The number of rotatable bonds is 2. The number of aliphatic hydroxyl groups is 3. The average molecular weight is 267 g/mol. The minimum atomic E-state index is -1.19. The summed E-state index contributed by atoms with van der Waals surface area (Å²) in [6.07, 6.45) is -1.42. The minimum Gasteiger partial charge on any atom is -0.394 e. The molecule has 0 aliphatic carbocycles. The summed E-state index contributed by atoms with van der Waals surface area (Å²) in [6.45, 7) is -0.390. The van der Waals surface area contributed by atoms with Crippen molar-refractivity contribution >= 4 is 17.0 Å². The molecular weight excluding hydrogens is 254 g/mol. The SMILES string of the molecule is Nc1ncnc2c1ncn2[C@@H]1O[C@@H](CO)[C@H](O)[C@H]1O. The second-order valence-corrected chi connectivity index (χ2v) is 4.31. The molecule has 2 aromatic rings. The molecule has 2 aromatic heterocycles. The van der Waals surface area contributed by atoms with Crippen LogP contribution in [0.15, 0.2) is 12.7 Å². The Morgan fingerprint density at radius 2 is 2.05 bits per heavy atom. The highest BCUT2D eigenvalue weighted by Gasteiger charge is 2.43. The molecule has 0 radical (unpaired) electrons. The molecule has 1 saturated heterocycles. The fourth-order valence-corrected chi connectivity index (χ4v) is 2.17. The van der Waals surface area contributed by atoms with E-state index in [4.69, 9.17) is 15.6 Å². The molecular formula is C10H13N5O4. The topological polar surface area (TPSA) is 140 Å². The third-order valence-corrected chi connectivity index (χ3v) is 3.18. The Balaban J connectivity index is 2.04. The summed E-state index contributed by atoms with van der Waals surface area (Å²) < 4.78 is 6.85. The van der Waals surface area contributed by atoms with E-state index in [2.05, 4.69) is 15.0 Å². The molecule has 9 heteroatoms. The minimum absolute atomic E-state index is 0.218. The van der Waals surface area contributed by atoms with Gasteiger partial charge in [-0.05, 0) is 0 Å². The van der Waals surface area contributed by atoms with Gasteiger partial charge in [-0.25, -0.2) is 15.0 Å². The van der Waals surface area contributed by atoms with Gasteiger partial charge in [-0.2, -0.15) is 0 Å². The molecule has 0 aromatic carbocycles. The summed E-state index contributed by atoms with van der Waals surface area (Å²) in [5.74, 6) is 0.218. The average Bonchev–Trinajstić information content (AvgIpc) is 2.94. The molecule has 0 bridgehead atoms. The second-order valence-electron chi connectivity index (χ2n) is 4.31. The van der Waals surface area contributed by atoms with Gasteiger partial charge in [-0.3, -0.25) is 4.57 Å². The molecule has 102 valence electrons. The van der Waals surface area contributed by atoms with E-state index in [1.54, 1.807) is 0 Å². The fraction of sp³-hybridized carbons (Fsp3) is 0.500. The van der Waals surface area contributed by atoms with Crippen molar-refractivity contribution in [3.05, 3.63) is 12.7 Å². The molecule has 3 rings (SSSR count). The maximum absolute atomic E-state index is 9.95. The molecule has 0 spiro atoms. The van der Waals surface area contributed by atoms with Gasteiger partial charge in [-0.15, -0.1) is 0 Å². The van der Waals surface area contributed by atoms with Gasteiger partial charge in [0.05, 0.1) is 12.9 Å². The predicted molar refractivity (Wildman–Crippen MR) is 62.7 cm³/mol. The lowest BCUT2D eigenvalue weighted by Crippen LogP contribution is -2.33. The quantitative estimate of drug-likeness (QED) is 0.491. The Morgan fingerprint density at radius 1 is 1.26 bits per heavy atom. The standard InChI is InChI=1S/C10H13N5O4/c11-8-5-9(13-2-12-8)15(3-14-5)10-7(18)6(17)4(1-16)19-10/h2-4,6-7,10,16-18H,1H2,(H2,11,12,13)/t4-,6-,7+,10+/m0/s1. The molecule has 9 nitrogen and oxygen atoms in total. The molecule has 19 heavy (non-hydrogen) atoms. The van der Waals surface area contributed by atoms with Crippen molar-refractivity contribution in [1.82, 2.24) is 19.5 Å². The summed E-state index contributed by atoms with van der Waals surface area (Å²) in [7, 11) is 0. The van der Waals surface area contributed by atoms with E-state index in [-0.39, 0.29) is 5.82 Å². The molecule has 0 amide bonds. The second kappa shape index (κ2) is 4.38. The zero-order chi connectivity index (χ0) is 13.6. The van der Waals surface area contributed by atoms with Crippen LogP contribution < -0.4 is 5.73 Å². The Kier molecular flexibility index (Phi) is 2.82. The van der Waals surface area contributed by atoms with Crippen LogP contribution >= 0.6 is 0 Å². The summed E-state index contributed by atoms with van der Waals surface area (Å²) in [5.41, 5.74) is 6.44. The number of ether oxygens (including phenoxy) is 1. The van der Waals surface area contributed by atoms with Crippen LogP contribution in [0.25, 0.3) is 11.2 Å². The van der Waals surface area contributed by atoms with Gasteiger partial charge < -0.3 is 25.8 Å². The lowest BCUT2D eigenvalue weighted by Gasteiger charge is -2.16. The highest BCUT2D eigenvalue weighted by Crippen LogP contribution is 2.31. The number of aromatic nitrogens is 4. The zero-order valence-electron chi connectivity index (χ0n) is 9.79. The van der Waals surface area contributed by atoms with Gasteiger partial charge in [0.1, 0.15) is 30.2 Å². The molecule has 5 N–H and O–H groups in total. The summed E-state index contributed by atoms with van der Waals surface area (Å²) in [6, 6.07) is 0.